The number of likely N-dealkylation sites (N-methyl/N-ethyl adjacent to an activating group) is 1. The number of methoxy groups -OCH3 is 2. The van der Waals surface area contributed by atoms with Crippen LogP contribution in [0.3, 0.4) is 0 Å². The van der Waals surface area contributed by atoms with Crippen molar-refractivity contribution in [2.75, 3.05) is 20.8 Å². The molecule has 2 aromatic rings. The van der Waals surface area contributed by atoms with E-state index in [-0.39, 0.29) is 5.91 Å². The number of thioether (sulfide) groups is 1. The van der Waals surface area contributed by atoms with E-state index in [9.17, 15) is 4.79 Å². The van der Waals surface area contributed by atoms with Gasteiger partial charge in [0.25, 0.3) is 5.91 Å². The molecule has 1 amide bonds. The Kier molecular flexibility index (Phi) is 6.08. The van der Waals surface area contributed by atoms with Crippen LogP contribution in [0.25, 0.3) is 6.08 Å². The Morgan fingerprint density at radius 3 is 2.52 bits per heavy atom. The summed E-state index contributed by atoms with van der Waals surface area (Å²) >= 11 is 7.26. The molecule has 1 aliphatic rings. The van der Waals surface area contributed by atoms with Gasteiger partial charge in [0, 0.05) is 17.1 Å². The Hall–Kier alpha value is -2.44. The molecule has 3 rings (SSSR count). The Morgan fingerprint density at radius 1 is 1.15 bits per heavy atom. The SMILES string of the molecule is CCN1C(=O)/C(=C\c2cc(OC)ccc2OC)SC1=Nc1ccc(Cl)cc1. The molecule has 0 saturated carbocycles. The second kappa shape index (κ2) is 8.50. The molecule has 1 saturated heterocycles. The number of nitrogens with zero attached hydrogens (tertiary/aromatic N) is 2. The number of amidine groups is 1. The van der Waals surface area contributed by atoms with Gasteiger partial charge in [-0.2, -0.15) is 0 Å². The van der Waals surface area contributed by atoms with Gasteiger partial charge >= 0.3 is 0 Å². The van der Waals surface area contributed by atoms with Crippen molar-refractivity contribution in [3.8, 4) is 11.5 Å². The molecule has 2 aromatic carbocycles. The molecular weight excluding hydrogens is 384 g/mol. The summed E-state index contributed by atoms with van der Waals surface area (Å²) in [5.74, 6) is 1.28. The first kappa shape index (κ1) is 19.3. The maximum Gasteiger partial charge on any atom is 0.266 e. The Labute approximate surface area is 167 Å². The Morgan fingerprint density at radius 2 is 1.89 bits per heavy atom. The molecule has 0 atom stereocenters. The highest BCUT2D eigenvalue weighted by Crippen LogP contribution is 2.36. The van der Waals surface area contributed by atoms with Crippen molar-refractivity contribution in [2.45, 2.75) is 6.92 Å². The van der Waals surface area contributed by atoms with E-state index in [0.29, 0.717) is 33.1 Å². The fraction of sp³-hybridized carbons (Fsp3) is 0.200. The van der Waals surface area contributed by atoms with Gasteiger partial charge in [0.15, 0.2) is 5.17 Å². The highest BCUT2D eigenvalue weighted by molar-refractivity contribution is 8.18. The van der Waals surface area contributed by atoms with Crippen LogP contribution in [0.15, 0.2) is 52.4 Å². The Bertz CT molecular complexity index is 910. The first-order valence-corrected chi connectivity index (χ1v) is 9.53. The molecule has 7 heteroatoms. The van der Waals surface area contributed by atoms with Gasteiger partial charge in [0.05, 0.1) is 24.8 Å². The van der Waals surface area contributed by atoms with Crippen molar-refractivity contribution in [1.29, 1.82) is 0 Å². The highest BCUT2D eigenvalue weighted by atomic mass is 35.5. The lowest BCUT2D eigenvalue weighted by atomic mass is 10.1. The van der Waals surface area contributed by atoms with Crippen molar-refractivity contribution in [3.63, 3.8) is 0 Å². The van der Waals surface area contributed by atoms with Crippen molar-refractivity contribution >= 4 is 46.2 Å². The van der Waals surface area contributed by atoms with E-state index in [0.717, 1.165) is 11.3 Å². The zero-order valence-corrected chi connectivity index (χ0v) is 16.8. The quantitative estimate of drug-likeness (QED) is 0.662. The first-order valence-electron chi connectivity index (χ1n) is 8.33. The predicted octanol–water partition coefficient (Wildman–Crippen LogP) is 4.98. The number of halogens is 1. The number of hydrogen-bond acceptors (Lipinski definition) is 5. The zero-order valence-electron chi connectivity index (χ0n) is 15.2. The smallest absolute Gasteiger partial charge is 0.266 e. The molecule has 0 unspecified atom stereocenters. The lowest BCUT2D eigenvalue weighted by Gasteiger charge is -2.12. The third kappa shape index (κ3) is 4.28. The van der Waals surface area contributed by atoms with Crippen molar-refractivity contribution < 1.29 is 14.3 Å². The molecule has 27 heavy (non-hydrogen) atoms. The summed E-state index contributed by atoms with van der Waals surface area (Å²) in [6, 6.07) is 12.7. The van der Waals surface area contributed by atoms with Gasteiger partial charge in [-0.25, -0.2) is 4.99 Å². The summed E-state index contributed by atoms with van der Waals surface area (Å²) in [5, 5.41) is 1.28. The number of benzene rings is 2. The molecular formula is C20H19ClN2O3S. The van der Waals surface area contributed by atoms with E-state index in [4.69, 9.17) is 21.1 Å². The molecule has 0 N–H and O–H groups in total. The number of rotatable bonds is 5. The number of hydrogen-bond donors (Lipinski definition) is 0. The van der Waals surface area contributed by atoms with E-state index in [1.54, 1.807) is 37.3 Å². The average Bonchev–Trinajstić information content (AvgIpc) is 2.97. The van der Waals surface area contributed by atoms with Crippen LogP contribution >= 0.6 is 23.4 Å². The number of carbonyl (C=O) groups excluding carboxylic acids is 1. The normalized spacial score (nSPS) is 17.0. The molecule has 1 heterocycles. The average molecular weight is 403 g/mol. The summed E-state index contributed by atoms with van der Waals surface area (Å²) in [4.78, 5) is 19.6. The third-order valence-electron chi connectivity index (χ3n) is 3.98. The summed E-state index contributed by atoms with van der Waals surface area (Å²) in [7, 11) is 3.20. The minimum absolute atomic E-state index is 0.0833. The van der Waals surface area contributed by atoms with Crippen molar-refractivity contribution in [2.24, 2.45) is 4.99 Å². The predicted molar refractivity (Wildman–Crippen MR) is 111 cm³/mol. The number of aliphatic imine (C=N–C) groups is 1. The van der Waals surface area contributed by atoms with Crippen LogP contribution in [0.5, 0.6) is 11.5 Å². The maximum absolute atomic E-state index is 12.8. The summed E-state index contributed by atoms with van der Waals surface area (Å²) in [5.41, 5.74) is 1.52. The maximum atomic E-state index is 12.8. The van der Waals surface area contributed by atoms with Crippen LogP contribution < -0.4 is 9.47 Å². The standard InChI is InChI=1S/C20H19ClN2O3S/c1-4-23-19(24)18(12-13-11-16(25-2)9-10-17(13)26-3)27-20(23)22-15-7-5-14(21)6-8-15/h5-12H,4H2,1-3H3/b18-12+,22-20?. The largest absolute Gasteiger partial charge is 0.497 e. The number of ether oxygens (including phenoxy) is 2. The van der Waals surface area contributed by atoms with E-state index >= 15 is 0 Å². The third-order valence-corrected chi connectivity index (χ3v) is 5.24. The van der Waals surface area contributed by atoms with Gasteiger partial charge in [0.2, 0.25) is 0 Å². The second-order valence-electron chi connectivity index (χ2n) is 5.64. The van der Waals surface area contributed by atoms with Gasteiger partial charge in [-0.15, -0.1) is 0 Å². The summed E-state index contributed by atoms with van der Waals surface area (Å²) in [6.45, 7) is 2.45. The number of carbonyl (C=O) groups is 1. The van der Waals surface area contributed by atoms with Crippen LogP contribution in [0.1, 0.15) is 12.5 Å². The van der Waals surface area contributed by atoms with Crippen molar-refractivity contribution in [3.05, 3.63) is 58.0 Å². The van der Waals surface area contributed by atoms with Crippen LogP contribution in [0.4, 0.5) is 5.69 Å². The lowest BCUT2D eigenvalue weighted by molar-refractivity contribution is -0.122. The minimum Gasteiger partial charge on any atom is -0.497 e. The van der Waals surface area contributed by atoms with Crippen LogP contribution in [0.2, 0.25) is 5.02 Å². The van der Waals surface area contributed by atoms with E-state index in [1.807, 2.05) is 37.3 Å². The Balaban J connectivity index is 1.97. The first-order chi connectivity index (χ1) is 13.0. The number of amides is 1. The zero-order chi connectivity index (χ0) is 19.4. The van der Waals surface area contributed by atoms with Gasteiger partial charge in [0.1, 0.15) is 11.5 Å². The molecule has 1 aliphatic heterocycles. The molecule has 0 bridgehead atoms. The highest BCUT2D eigenvalue weighted by Gasteiger charge is 2.32. The molecule has 140 valence electrons. The molecule has 1 fully saturated rings. The van der Waals surface area contributed by atoms with Gasteiger partial charge in [-0.3, -0.25) is 9.69 Å². The van der Waals surface area contributed by atoms with Gasteiger partial charge in [-0.05, 0) is 67.2 Å². The van der Waals surface area contributed by atoms with E-state index < -0.39 is 0 Å². The topological polar surface area (TPSA) is 51.1 Å². The molecule has 0 radical (unpaired) electrons. The molecule has 5 nitrogen and oxygen atoms in total. The minimum atomic E-state index is -0.0833. The summed E-state index contributed by atoms with van der Waals surface area (Å²) < 4.78 is 10.7. The van der Waals surface area contributed by atoms with E-state index in [2.05, 4.69) is 4.99 Å². The van der Waals surface area contributed by atoms with Crippen LogP contribution in [0, 0.1) is 0 Å². The van der Waals surface area contributed by atoms with Crippen molar-refractivity contribution in [1.82, 2.24) is 4.90 Å². The fourth-order valence-electron chi connectivity index (χ4n) is 2.59. The second-order valence-corrected chi connectivity index (χ2v) is 7.08. The summed E-state index contributed by atoms with van der Waals surface area (Å²) in [6.07, 6.45) is 1.81. The van der Waals surface area contributed by atoms with E-state index in [1.165, 1.54) is 11.8 Å². The van der Waals surface area contributed by atoms with Gasteiger partial charge in [-0.1, -0.05) is 11.6 Å². The fourth-order valence-corrected chi connectivity index (χ4v) is 3.77. The lowest BCUT2D eigenvalue weighted by Crippen LogP contribution is -2.28. The van der Waals surface area contributed by atoms with Crippen LogP contribution in [-0.2, 0) is 4.79 Å². The monoisotopic (exact) mass is 402 g/mol. The van der Waals surface area contributed by atoms with Crippen LogP contribution in [-0.4, -0.2) is 36.7 Å². The molecule has 0 spiro atoms. The van der Waals surface area contributed by atoms with Gasteiger partial charge < -0.3 is 9.47 Å². The molecule has 0 aliphatic carbocycles. The molecule has 0 aromatic heterocycles.